The van der Waals surface area contributed by atoms with Crippen LogP contribution in [0.5, 0.6) is 0 Å². The second-order valence-corrected chi connectivity index (χ2v) is 6.53. The highest BCUT2D eigenvalue weighted by Gasteiger charge is 2.22. The fourth-order valence-electron chi connectivity index (χ4n) is 2.35. The van der Waals surface area contributed by atoms with Crippen LogP contribution in [0, 0.1) is 0 Å². The van der Waals surface area contributed by atoms with E-state index < -0.39 is 0 Å². The van der Waals surface area contributed by atoms with E-state index in [0.29, 0.717) is 5.82 Å². The summed E-state index contributed by atoms with van der Waals surface area (Å²) in [4.78, 5) is 8.50. The first-order valence-electron chi connectivity index (χ1n) is 7.80. The maximum atomic E-state index is 6.07. The van der Waals surface area contributed by atoms with Gasteiger partial charge in [-0.25, -0.2) is 14.6 Å². The number of anilines is 1. The fraction of sp³-hybridized carbons (Fsp3) is 0.389. The molecule has 0 spiro atoms. The molecule has 0 aliphatic heterocycles. The van der Waals surface area contributed by atoms with Crippen LogP contribution < -0.4 is 5.73 Å². The number of fused-ring (bicyclic) bond motifs is 1. The zero-order chi connectivity index (χ0) is 17.0. The summed E-state index contributed by atoms with van der Waals surface area (Å²) < 4.78 is 1.92. The molecule has 0 saturated heterocycles. The van der Waals surface area contributed by atoms with E-state index in [2.05, 4.69) is 37.3 Å². The number of allylic oxidation sites excluding steroid dienone is 5. The van der Waals surface area contributed by atoms with Crippen LogP contribution in [0.1, 0.15) is 39.8 Å². The summed E-state index contributed by atoms with van der Waals surface area (Å²) in [5.74, 6) is 0.482. The highest BCUT2D eigenvalue weighted by molar-refractivity contribution is 5.88. The molecule has 0 aliphatic rings. The minimum absolute atomic E-state index is 0.167. The van der Waals surface area contributed by atoms with Gasteiger partial charge in [-0.05, 0) is 40.5 Å². The molecule has 0 saturated carbocycles. The molecule has 0 bridgehead atoms. The Morgan fingerprint density at radius 1 is 1.30 bits per heavy atom. The summed E-state index contributed by atoms with van der Waals surface area (Å²) in [5.41, 5.74) is 8.67. The van der Waals surface area contributed by atoms with Crippen molar-refractivity contribution in [1.29, 1.82) is 0 Å². The molecule has 2 aromatic heterocycles. The maximum Gasteiger partial charge on any atom is 0.164 e. The zero-order valence-electron chi connectivity index (χ0n) is 14.4. The van der Waals surface area contributed by atoms with Gasteiger partial charge in [0.05, 0.1) is 16.6 Å². The van der Waals surface area contributed by atoms with Crippen LogP contribution in [0.2, 0.25) is 0 Å². The third-order valence-corrected chi connectivity index (χ3v) is 3.52. The first-order chi connectivity index (χ1) is 10.8. The number of aromatic nitrogens is 4. The number of nitrogens with zero attached hydrogens (tertiary/aromatic N) is 4. The van der Waals surface area contributed by atoms with Gasteiger partial charge in [0, 0.05) is 0 Å². The molecule has 0 fully saturated rings. The van der Waals surface area contributed by atoms with Crippen molar-refractivity contribution in [2.45, 2.75) is 46.1 Å². The molecule has 5 heteroatoms. The average Bonchev–Trinajstić information content (AvgIpc) is 2.86. The summed E-state index contributed by atoms with van der Waals surface area (Å²) in [6.07, 6.45) is 11.1. The van der Waals surface area contributed by atoms with Crippen LogP contribution in [0.15, 0.2) is 42.8 Å². The van der Waals surface area contributed by atoms with E-state index in [1.807, 2.05) is 35.9 Å². The predicted octanol–water partition coefficient (Wildman–Crippen LogP) is 3.78. The van der Waals surface area contributed by atoms with Gasteiger partial charge in [-0.1, -0.05) is 36.5 Å². The van der Waals surface area contributed by atoms with Crippen molar-refractivity contribution in [1.82, 2.24) is 19.7 Å². The Morgan fingerprint density at radius 2 is 2.04 bits per heavy atom. The average molecular weight is 311 g/mol. The highest BCUT2D eigenvalue weighted by atomic mass is 15.3. The van der Waals surface area contributed by atoms with Gasteiger partial charge >= 0.3 is 0 Å². The molecular weight excluding hydrogens is 286 g/mol. The standard InChI is InChI=1S/C18H25N5/c1-6-7-8-9-13(2)10-11-14-15-16(19)20-12-21-17(15)23(22-14)18(3,4)5/h6-9,12H,2,10-11H2,1,3-5H3,(H2,19,20,21)/b7-6-,9-8-. The molecule has 0 aliphatic carbocycles. The van der Waals surface area contributed by atoms with Crippen LogP contribution in [0.25, 0.3) is 11.0 Å². The molecule has 5 nitrogen and oxygen atoms in total. The molecule has 122 valence electrons. The van der Waals surface area contributed by atoms with Crippen LogP contribution in [0.4, 0.5) is 5.82 Å². The molecule has 0 radical (unpaired) electrons. The number of hydrogen-bond acceptors (Lipinski definition) is 4. The lowest BCUT2D eigenvalue weighted by atomic mass is 10.1. The Morgan fingerprint density at radius 3 is 2.70 bits per heavy atom. The Balaban J connectivity index is 2.32. The topological polar surface area (TPSA) is 69.6 Å². The SMILES string of the molecule is C=C(/C=C\C=C/C)CCc1nn(C(C)(C)C)c2ncnc(N)c12. The minimum atomic E-state index is -0.167. The number of nitrogen functional groups attached to an aromatic ring is 1. The van der Waals surface area contributed by atoms with Gasteiger partial charge in [0.15, 0.2) is 5.65 Å². The summed E-state index contributed by atoms with van der Waals surface area (Å²) in [7, 11) is 0. The maximum absolute atomic E-state index is 6.07. The van der Waals surface area contributed by atoms with E-state index in [4.69, 9.17) is 10.8 Å². The van der Waals surface area contributed by atoms with Gasteiger partial charge in [0.25, 0.3) is 0 Å². The summed E-state index contributed by atoms with van der Waals surface area (Å²) in [5, 5.41) is 5.60. The molecule has 0 aromatic carbocycles. The molecule has 0 atom stereocenters. The number of aryl methyl sites for hydroxylation is 1. The predicted molar refractivity (Wildman–Crippen MR) is 96.1 cm³/mol. The third kappa shape index (κ3) is 3.86. The molecular formula is C18H25N5. The summed E-state index contributed by atoms with van der Waals surface area (Å²) >= 11 is 0. The Kier molecular flexibility index (Phi) is 4.98. The molecule has 2 rings (SSSR count). The second kappa shape index (κ2) is 6.77. The zero-order valence-corrected chi connectivity index (χ0v) is 14.4. The lowest BCUT2D eigenvalue weighted by Crippen LogP contribution is -2.23. The van der Waals surface area contributed by atoms with Crippen molar-refractivity contribution in [2.75, 3.05) is 5.73 Å². The van der Waals surface area contributed by atoms with E-state index in [0.717, 1.165) is 35.1 Å². The van der Waals surface area contributed by atoms with Gasteiger partial charge in [-0.15, -0.1) is 0 Å². The van der Waals surface area contributed by atoms with E-state index in [9.17, 15) is 0 Å². The smallest absolute Gasteiger partial charge is 0.164 e. The summed E-state index contributed by atoms with van der Waals surface area (Å²) in [6, 6.07) is 0. The molecule has 2 aromatic rings. The van der Waals surface area contributed by atoms with Crippen molar-refractivity contribution in [3.63, 3.8) is 0 Å². The Bertz CT molecular complexity index is 760. The number of rotatable bonds is 5. The third-order valence-electron chi connectivity index (χ3n) is 3.52. The van der Waals surface area contributed by atoms with Gasteiger partial charge in [0.2, 0.25) is 0 Å². The molecule has 2 heterocycles. The van der Waals surface area contributed by atoms with Crippen molar-refractivity contribution < 1.29 is 0 Å². The van der Waals surface area contributed by atoms with Crippen LogP contribution >= 0.6 is 0 Å². The largest absolute Gasteiger partial charge is 0.383 e. The molecule has 23 heavy (non-hydrogen) atoms. The molecule has 2 N–H and O–H groups in total. The summed E-state index contributed by atoms with van der Waals surface area (Å²) in [6.45, 7) is 12.4. The van der Waals surface area contributed by atoms with Crippen molar-refractivity contribution in [3.05, 3.63) is 48.5 Å². The van der Waals surface area contributed by atoms with E-state index in [1.54, 1.807) is 0 Å². The quantitative estimate of drug-likeness (QED) is 0.853. The monoisotopic (exact) mass is 311 g/mol. The van der Waals surface area contributed by atoms with E-state index in [-0.39, 0.29) is 5.54 Å². The van der Waals surface area contributed by atoms with E-state index in [1.165, 1.54) is 6.33 Å². The normalized spacial score (nSPS) is 12.7. The van der Waals surface area contributed by atoms with Crippen LogP contribution in [0.3, 0.4) is 0 Å². The molecule has 0 amide bonds. The fourth-order valence-corrected chi connectivity index (χ4v) is 2.35. The van der Waals surface area contributed by atoms with Gasteiger partial charge in [0.1, 0.15) is 12.1 Å². The minimum Gasteiger partial charge on any atom is -0.383 e. The second-order valence-electron chi connectivity index (χ2n) is 6.53. The van der Waals surface area contributed by atoms with E-state index >= 15 is 0 Å². The van der Waals surface area contributed by atoms with Crippen molar-refractivity contribution in [3.8, 4) is 0 Å². The Hall–Kier alpha value is -2.43. The highest BCUT2D eigenvalue weighted by Crippen LogP contribution is 2.27. The lowest BCUT2D eigenvalue weighted by Gasteiger charge is -2.19. The van der Waals surface area contributed by atoms with Crippen molar-refractivity contribution in [2.24, 2.45) is 0 Å². The van der Waals surface area contributed by atoms with Crippen LogP contribution in [-0.4, -0.2) is 19.7 Å². The van der Waals surface area contributed by atoms with Crippen molar-refractivity contribution >= 4 is 16.9 Å². The Labute approximate surface area is 137 Å². The molecule has 0 unspecified atom stereocenters. The first-order valence-corrected chi connectivity index (χ1v) is 7.80. The van der Waals surface area contributed by atoms with Crippen LogP contribution in [-0.2, 0) is 12.0 Å². The first kappa shape index (κ1) is 16.9. The van der Waals surface area contributed by atoms with Gasteiger partial charge in [-0.2, -0.15) is 5.10 Å². The van der Waals surface area contributed by atoms with Gasteiger partial charge in [-0.3, -0.25) is 0 Å². The number of hydrogen-bond donors (Lipinski definition) is 1. The number of nitrogens with two attached hydrogens (primary N) is 1. The lowest BCUT2D eigenvalue weighted by molar-refractivity contribution is 0.363. The van der Waals surface area contributed by atoms with Gasteiger partial charge < -0.3 is 5.73 Å².